The highest BCUT2D eigenvalue weighted by molar-refractivity contribution is 5.60. The van der Waals surface area contributed by atoms with E-state index >= 15 is 0 Å². The maximum atomic E-state index is 5.66. The SMILES string of the molecule is COC(C)Oc1ccc(N)cc1N. The summed E-state index contributed by atoms with van der Waals surface area (Å²) in [5.41, 5.74) is 12.3. The van der Waals surface area contributed by atoms with E-state index in [9.17, 15) is 0 Å². The number of nitrogen functional groups attached to an aromatic ring is 2. The predicted octanol–water partition coefficient (Wildman–Crippen LogP) is 1.22. The molecule has 1 rings (SSSR count). The zero-order valence-corrected chi connectivity index (χ0v) is 7.78. The van der Waals surface area contributed by atoms with E-state index in [1.807, 2.05) is 0 Å². The molecule has 4 N–H and O–H groups in total. The molecule has 72 valence electrons. The molecule has 1 aromatic carbocycles. The van der Waals surface area contributed by atoms with Crippen LogP contribution in [0.15, 0.2) is 18.2 Å². The first-order valence-electron chi connectivity index (χ1n) is 3.98. The first-order chi connectivity index (χ1) is 6.13. The summed E-state index contributed by atoms with van der Waals surface area (Å²) in [5.74, 6) is 0.587. The zero-order valence-electron chi connectivity index (χ0n) is 7.78. The number of ether oxygens (including phenoxy) is 2. The molecule has 0 spiro atoms. The monoisotopic (exact) mass is 182 g/mol. The average Bonchev–Trinajstić information content (AvgIpc) is 2.09. The van der Waals surface area contributed by atoms with E-state index in [4.69, 9.17) is 20.9 Å². The molecule has 4 nitrogen and oxygen atoms in total. The number of anilines is 2. The van der Waals surface area contributed by atoms with Crippen LogP contribution in [0.5, 0.6) is 5.75 Å². The highest BCUT2D eigenvalue weighted by Crippen LogP contribution is 2.24. The maximum absolute atomic E-state index is 5.66. The summed E-state index contributed by atoms with van der Waals surface area (Å²) in [6.45, 7) is 1.79. The van der Waals surface area contributed by atoms with Crippen molar-refractivity contribution in [3.05, 3.63) is 18.2 Å². The van der Waals surface area contributed by atoms with Gasteiger partial charge >= 0.3 is 0 Å². The molecule has 0 aromatic heterocycles. The second-order valence-electron chi connectivity index (χ2n) is 2.72. The lowest BCUT2D eigenvalue weighted by Crippen LogP contribution is -2.14. The van der Waals surface area contributed by atoms with Crippen molar-refractivity contribution in [2.75, 3.05) is 18.6 Å². The van der Waals surface area contributed by atoms with Gasteiger partial charge < -0.3 is 20.9 Å². The summed E-state index contributed by atoms with van der Waals surface area (Å²) in [6, 6.07) is 5.10. The molecule has 0 aliphatic rings. The fourth-order valence-corrected chi connectivity index (χ4v) is 0.901. The van der Waals surface area contributed by atoms with Gasteiger partial charge in [0.05, 0.1) is 5.69 Å². The van der Waals surface area contributed by atoms with Gasteiger partial charge in [-0.1, -0.05) is 0 Å². The maximum Gasteiger partial charge on any atom is 0.196 e. The summed E-state index contributed by atoms with van der Waals surface area (Å²) < 4.78 is 10.3. The van der Waals surface area contributed by atoms with E-state index in [1.165, 1.54) is 0 Å². The van der Waals surface area contributed by atoms with Crippen LogP contribution in [0.2, 0.25) is 0 Å². The zero-order chi connectivity index (χ0) is 9.84. The number of hydrogen-bond acceptors (Lipinski definition) is 4. The lowest BCUT2D eigenvalue weighted by molar-refractivity contribution is -0.0378. The molecular weight excluding hydrogens is 168 g/mol. The van der Waals surface area contributed by atoms with Crippen molar-refractivity contribution in [1.82, 2.24) is 0 Å². The van der Waals surface area contributed by atoms with Crippen LogP contribution in [0.25, 0.3) is 0 Å². The molecule has 0 amide bonds. The van der Waals surface area contributed by atoms with Gasteiger partial charge in [0.15, 0.2) is 6.29 Å². The molecule has 13 heavy (non-hydrogen) atoms. The fraction of sp³-hybridized carbons (Fsp3) is 0.333. The summed E-state index contributed by atoms with van der Waals surface area (Å²) in [4.78, 5) is 0. The number of hydrogen-bond donors (Lipinski definition) is 2. The Labute approximate surface area is 77.4 Å². The Morgan fingerprint density at radius 1 is 1.31 bits per heavy atom. The van der Waals surface area contributed by atoms with Crippen LogP contribution in [0, 0.1) is 0 Å². The van der Waals surface area contributed by atoms with Crippen LogP contribution in [0.4, 0.5) is 11.4 Å². The van der Waals surface area contributed by atoms with Crippen molar-refractivity contribution in [2.45, 2.75) is 13.2 Å². The van der Waals surface area contributed by atoms with E-state index in [2.05, 4.69) is 0 Å². The van der Waals surface area contributed by atoms with Crippen LogP contribution in [0.3, 0.4) is 0 Å². The number of benzene rings is 1. The largest absolute Gasteiger partial charge is 0.463 e. The first kappa shape index (κ1) is 9.67. The highest BCUT2D eigenvalue weighted by atomic mass is 16.7. The summed E-state index contributed by atoms with van der Waals surface area (Å²) in [5, 5.41) is 0. The van der Waals surface area contributed by atoms with Gasteiger partial charge in [0, 0.05) is 12.8 Å². The molecule has 0 radical (unpaired) electrons. The number of rotatable bonds is 3. The molecule has 0 aliphatic carbocycles. The summed E-state index contributed by atoms with van der Waals surface area (Å²) in [7, 11) is 1.57. The summed E-state index contributed by atoms with van der Waals surface area (Å²) >= 11 is 0. The highest BCUT2D eigenvalue weighted by Gasteiger charge is 2.04. The van der Waals surface area contributed by atoms with Gasteiger partial charge in [-0.3, -0.25) is 0 Å². The molecule has 0 saturated heterocycles. The standard InChI is InChI=1S/C9H14N2O2/c1-6(12-2)13-9-4-3-7(10)5-8(9)11/h3-6H,10-11H2,1-2H3. The third kappa shape index (κ3) is 2.52. The van der Waals surface area contributed by atoms with Gasteiger partial charge in [-0.25, -0.2) is 0 Å². The van der Waals surface area contributed by atoms with Crippen LogP contribution < -0.4 is 16.2 Å². The molecule has 0 aliphatic heterocycles. The second kappa shape index (κ2) is 4.00. The van der Waals surface area contributed by atoms with E-state index in [1.54, 1.807) is 32.2 Å². The van der Waals surface area contributed by atoms with E-state index in [0.717, 1.165) is 0 Å². The lowest BCUT2D eigenvalue weighted by Gasteiger charge is -2.14. The summed E-state index contributed by atoms with van der Waals surface area (Å²) in [6.07, 6.45) is -0.314. The molecule has 1 atom stereocenters. The number of methoxy groups -OCH3 is 1. The van der Waals surface area contributed by atoms with Crippen LogP contribution >= 0.6 is 0 Å². The molecule has 0 saturated carbocycles. The minimum atomic E-state index is -0.314. The topological polar surface area (TPSA) is 70.5 Å². The molecule has 0 bridgehead atoms. The fourth-order valence-electron chi connectivity index (χ4n) is 0.901. The van der Waals surface area contributed by atoms with Gasteiger partial charge in [-0.2, -0.15) is 0 Å². The second-order valence-corrected chi connectivity index (χ2v) is 2.72. The van der Waals surface area contributed by atoms with Crippen LogP contribution in [-0.2, 0) is 4.74 Å². The van der Waals surface area contributed by atoms with E-state index in [-0.39, 0.29) is 6.29 Å². The Hall–Kier alpha value is -1.42. The van der Waals surface area contributed by atoms with Crippen molar-refractivity contribution in [2.24, 2.45) is 0 Å². The van der Waals surface area contributed by atoms with Crippen molar-refractivity contribution in [3.8, 4) is 5.75 Å². The molecule has 0 fully saturated rings. The smallest absolute Gasteiger partial charge is 0.196 e. The average molecular weight is 182 g/mol. The van der Waals surface area contributed by atoms with Crippen LogP contribution in [-0.4, -0.2) is 13.4 Å². The van der Waals surface area contributed by atoms with Crippen LogP contribution in [0.1, 0.15) is 6.92 Å². The molecule has 0 heterocycles. The van der Waals surface area contributed by atoms with Crippen molar-refractivity contribution >= 4 is 11.4 Å². The Balaban J connectivity index is 2.77. The molecular formula is C9H14N2O2. The van der Waals surface area contributed by atoms with Gasteiger partial charge in [0.1, 0.15) is 5.75 Å². The van der Waals surface area contributed by atoms with Gasteiger partial charge in [0.2, 0.25) is 0 Å². The third-order valence-electron chi connectivity index (χ3n) is 1.66. The minimum Gasteiger partial charge on any atom is -0.463 e. The minimum absolute atomic E-state index is 0.314. The van der Waals surface area contributed by atoms with Gasteiger partial charge in [0.25, 0.3) is 0 Å². The van der Waals surface area contributed by atoms with E-state index < -0.39 is 0 Å². The molecule has 1 unspecified atom stereocenters. The Kier molecular flexibility index (Phi) is 2.97. The van der Waals surface area contributed by atoms with Crippen molar-refractivity contribution < 1.29 is 9.47 Å². The first-order valence-corrected chi connectivity index (χ1v) is 3.98. The number of nitrogens with two attached hydrogens (primary N) is 2. The Bertz CT molecular complexity index is 289. The van der Waals surface area contributed by atoms with Crippen molar-refractivity contribution in [1.29, 1.82) is 0 Å². The third-order valence-corrected chi connectivity index (χ3v) is 1.66. The molecule has 1 aromatic rings. The predicted molar refractivity (Wildman–Crippen MR) is 52.4 cm³/mol. The van der Waals surface area contributed by atoms with Crippen molar-refractivity contribution in [3.63, 3.8) is 0 Å². The Morgan fingerprint density at radius 2 is 2.00 bits per heavy atom. The Morgan fingerprint density at radius 3 is 2.54 bits per heavy atom. The normalized spacial score (nSPS) is 12.5. The quantitative estimate of drug-likeness (QED) is 0.544. The lowest BCUT2D eigenvalue weighted by atomic mass is 10.2. The molecule has 4 heteroatoms. The van der Waals surface area contributed by atoms with Gasteiger partial charge in [-0.05, 0) is 25.1 Å². The van der Waals surface area contributed by atoms with Gasteiger partial charge in [-0.15, -0.1) is 0 Å². The van der Waals surface area contributed by atoms with E-state index in [0.29, 0.717) is 17.1 Å².